The van der Waals surface area contributed by atoms with Crippen LogP contribution >= 0.6 is 0 Å². The second-order valence-corrected chi connectivity index (χ2v) is 4.63. The van der Waals surface area contributed by atoms with Gasteiger partial charge in [0.2, 0.25) is 0 Å². The second kappa shape index (κ2) is 9.66. The molecule has 0 aromatic heterocycles. The zero-order chi connectivity index (χ0) is 9.94. The van der Waals surface area contributed by atoms with Gasteiger partial charge in [0.05, 0.1) is 0 Å². The Hall–Kier alpha value is -0.426. The highest BCUT2D eigenvalue weighted by molar-refractivity contribution is 6.17. The molecule has 2 nitrogen and oxygen atoms in total. The molecule has 0 heterocycles. The molecule has 0 saturated carbocycles. The van der Waals surface area contributed by atoms with E-state index in [4.69, 9.17) is 0 Å². The van der Waals surface area contributed by atoms with Crippen LogP contribution in [0.15, 0.2) is 30.3 Å². The summed E-state index contributed by atoms with van der Waals surface area (Å²) in [5, 5.41) is 0. The van der Waals surface area contributed by atoms with Gasteiger partial charge in [0.15, 0.2) is 0 Å². The molecule has 0 spiro atoms. The van der Waals surface area contributed by atoms with Crippen LogP contribution in [0.5, 0.6) is 0 Å². The number of hydrogen-bond donors (Lipinski definition) is 0. The molecular weight excluding hydrogens is 196 g/mol. The van der Waals surface area contributed by atoms with Gasteiger partial charge in [-0.3, -0.25) is 0 Å². The Balaban J connectivity index is 0.000000252. The third-order valence-electron chi connectivity index (χ3n) is 1.49. The zero-order valence-corrected chi connectivity index (χ0v) is 12.0. The van der Waals surface area contributed by atoms with Crippen molar-refractivity contribution in [2.45, 2.75) is 6.04 Å². The van der Waals surface area contributed by atoms with Crippen LogP contribution in [0.1, 0.15) is 5.56 Å². The monoisotopic (exact) mass is 214 g/mol. The molecule has 0 fully saturated rings. The van der Waals surface area contributed by atoms with E-state index in [0.29, 0.717) is 0 Å². The van der Waals surface area contributed by atoms with Crippen LogP contribution in [0, 0.1) is 0 Å². The van der Waals surface area contributed by atoms with E-state index >= 15 is 0 Å². The average molecular weight is 214 g/mol. The van der Waals surface area contributed by atoms with Gasteiger partial charge in [0.1, 0.15) is 0 Å². The molecule has 0 atom stereocenters. The summed E-state index contributed by atoms with van der Waals surface area (Å²) in [5.41, 5.74) is 1.47. The van der Waals surface area contributed by atoms with E-state index in [0.717, 1.165) is 0 Å². The predicted molar refractivity (Wildman–Crippen MR) is 62.6 cm³/mol. The van der Waals surface area contributed by atoms with Gasteiger partial charge in [-0.25, -0.2) is 0 Å². The number of benzene rings is 1. The molecule has 0 aliphatic carbocycles. The predicted octanol–water partition coefficient (Wildman–Crippen LogP) is -0.170. The first-order valence-electron chi connectivity index (χ1n) is 4.37. The van der Waals surface area contributed by atoms with Crippen LogP contribution in [0.4, 0.5) is 0 Å². The van der Waals surface area contributed by atoms with Crippen molar-refractivity contribution in [3.8, 4) is 0 Å². The Labute approximate surface area is 85.8 Å². The third kappa shape index (κ3) is 7.92. The van der Waals surface area contributed by atoms with E-state index in [1.807, 2.05) is 0 Å². The molecule has 1 aromatic rings. The molecule has 0 N–H and O–H groups in total. The quantitative estimate of drug-likeness (QED) is 0.651. The molecule has 0 aliphatic rings. The standard InChI is InChI=1S/C7H10Si.C2H8O2Si/c8-6-7-4-2-1-3-5-7;1-3-5-4-2/h1-5H,6H2,8H3;5H2,1-2H3. The number of hydrogen-bond acceptors (Lipinski definition) is 2. The van der Waals surface area contributed by atoms with Crippen molar-refractivity contribution in [3.05, 3.63) is 35.9 Å². The molecule has 0 unspecified atom stereocenters. The molecule has 0 radical (unpaired) electrons. The van der Waals surface area contributed by atoms with Crippen LogP contribution in [0.25, 0.3) is 0 Å². The van der Waals surface area contributed by atoms with Gasteiger partial charge in [-0.05, 0) is 6.04 Å². The minimum absolute atomic E-state index is 0.568. The van der Waals surface area contributed by atoms with Gasteiger partial charge >= 0.3 is 10.0 Å². The van der Waals surface area contributed by atoms with E-state index in [2.05, 4.69) is 39.2 Å². The van der Waals surface area contributed by atoms with E-state index in [1.54, 1.807) is 14.2 Å². The van der Waals surface area contributed by atoms with Crippen molar-refractivity contribution in [2.24, 2.45) is 0 Å². The van der Waals surface area contributed by atoms with Gasteiger partial charge in [-0.2, -0.15) is 0 Å². The average Bonchev–Trinajstić information content (AvgIpc) is 2.21. The van der Waals surface area contributed by atoms with Crippen molar-refractivity contribution >= 4 is 20.2 Å². The molecule has 74 valence electrons. The van der Waals surface area contributed by atoms with Gasteiger partial charge in [-0.15, -0.1) is 0 Å². The summed E-state index contributed by atoms with van der Waals surface area (Å²) in [7, 11) is 4.01. The van der Waals surface area contributed by atoms with Crippen LogP contribution in [-0.4, -0.2) is 34.5 Å². The van der Waals surface area contributed by atoms with Gasteiger partial charge in [-0.1, -0.05) is 35.9 Å². The molecule has 1 rings (SSSR count). The molecule has 0 bridgehead atoms. The van der Waals surface area contributed by atoms with Crippen molar-refractivity contribution in [2.75, 3.05) is 14.2 Å². The maximum atomic E-state index is 4.61. The maximum absolute atomic E-state index is 4.61. The fourth-order valence-electron chi connectivity index (χ4n) is 0.832. The lowest BCUT2D eigenvalue weighted by Gasteiger charge is -1.89. The molecule has 0 aliphatic heterocycles. The fraction of sp³-hybridized carbons (Fsp3) is 0.333. The SMILES string of the molecule is CO[SiH2]OC.[SiH3]Cc1ccccc1. The van der Waals surface area contributed by atoms with Gasteiger partial charge < -0.3 is 8.85 Å². The van der Waals surface area contributed by atoms with Crippen molar-refractivity contribution < 1.29 is 8.85 Å². The lowest BCUT2D eigenvalue weighted by molar-refractivity contribution is 0.309. The van der Waals surface area contributed by atoms with Crippen molar-refractivity contribution in [1.29, 1.82) is 0 Å². The van der Waals surface area contributed by atoms with Crippen LogP contribution in [0.2, 0.25) is 0 Å². The minimum atomic E-state index is -0.568. The van der Waals surface area contributed by atoms with Crippen molar-refractivity contribution in [3.63, 3.8) is 0 Å². The second-order valence-electron chi connectivity index (χ2n) is 2.53. The largest absolute Gasteiger partial charge is 0.402 e. The summed E-state index contributed by atoms with van der Waals surface area (Å²) in [6.07, 6.45) is 0. The zero-order valence-electron chi connectivity index (χ0n) is 8.62. The Morgan fingerprint density at radius 1 is 1.15 bits per heavy atom. The van der Waals surface area contributed by atoms with Gasteiger partial charge in [0.25, 0.3) is 0 Å². The highest BCUT2D eigenvalue weighted by Crippen LogP contribution is 1.95. The van der Waals surface area contributed by atoms with E-state index in [1.165, 1.54) is 21.9 Å². The van der Waals surface area contributed by atoms with Crippen LogP contribution in [-0.2, 0) is 14.9 Å². The fourth-order valence-corrected chi connectivity index (χ4v) is 1.54. The van der Waals surface area contributed by atoms with Gasteiger partial charge in [0, 0.05) is 24.5 Å². The highest BCUT2D eigenvalue weighted by Gasteiger charge is 1.80. The lowest BCUT2D eigenvalue weighted by atomic mass is 10.2. The first-order valence-corrected chi connectivity index (χ1v) is 6.93. The Kier molecular flexibility index (Phi) is 9.34. The summed E-state index contributed by atoms with van der Waals surface area (Å²) in [4.78, 5) is 0. The smallest absolute Gasteiger partial charge is 0.303 e. The molecular formula is C9H18O2Si2. The first-order chi connectivity index (χ1) is 6.35. The summed E-state index contributed by atoms with van der Waals surface area (Å²) < 4.78 is 9.22. The summed E-state index contributed by atoms with van der Waals surface area (Å²) in [5.74, 6) is 0. The Morgan fingerprint density at radius 2 is 1.69 bits per heavy atom. The minimum Gasteiger partial charge on any atom is -0.402 e. The third-order valence-corrected chi connectivity index (χ3v) is 2.77. The molecule has 1 aromatic carbocycles. The highest BCUT2D eigenvalue weighted by atomic mass is 28.3. The summed E-state index contributed by atoms with van der Waals surface area (Å²) in [6.45, 7) is 0. The molecule has 4 heteroatoms. The normalized spacial score (nSPS) is 9.08. The topological polar surface area (TPSA) is 18.5 Å². The van der Waals surface area contributed by atoms with Crippen LogP contribution in [0.3, 0.4) is 0 Å². The first kappa shape index (κ1) is 12.6. The molecule has 0 saturated heterocycles. The summed E-state index contributed by atoms with van der Waals surface area (Å²) in [6, 6.07) is 11.9. The molecule has 0 amide bonds. The van der Waals surface area contributed by atoms with E-state index < -0.39 is 10.0 Å². The lowest BCUT2D eigenvalue weighted by Crippen LogP contribution is -1.93. The van der Waals surface area contributed by atoms with Crippen molar-refractivity contribution in [1.82, 2.24) is 0 Å². The van der Waals surface area contributed by atoms with E-state index in [9.17, 15) is 0 Å². The maximum Gasteiger partial charge on any atom is 0.303 e. The Morgan fingerprint density at radius 3 is 1.92 bits per heavy atom. The van der Waals surface area contributed by atoms with E-state index in [-0.39, 0.29) is 0 Å². The molecule has 13 heavy (non-hydrogen) atoms. The number of rotatable bonds is 3. The Bertz CT molecular complexity index is 190. The summed E-state index contributed by atoms with van der Waals surface area (Å²) >= 11 is 0. The van der Waals surface area contributed by atoms with Crippen LogP contribution < -0.4 is 0 Å².